The molecule has 0 saturated heterocycles. The van der Waals surface area contributed by atoms with Gasteiger partial charge in [-0.05, 0) is 17.6 Å². The van der Waals surface area contributed by atoms with Crippen LogP contribution in [0, 0.1) is 0 Å². The minimum atomic E-state index is -0.0843. The van der Waals surface area contributed by atoms with E-state index < -0.39 is 0 Å². The van der Waals surface area contributed by atoms with Crippen LogP contribution >= 0.6 is 12.2 Å². The number of hydrazone groups is 1. The van der Waals surface area contributed by atoms with Crippen LogP contribution in [0.15, 0.2) is 41.5 Å². The maximum absolute atomic E-state index is 12.5. The Morgan fingerprint density at radius 2 is 1.95 bits per heavy atom. The van der Waals surface area contributed by atoms with Crippen LogP contribution < -0.4 is 10.7 Å². The number of ketones is 1. The van der Waals surface area contributed by atoms with E-state index in [1.165, 1.54) is 0 Å². The smallest absolute Gasteiger partial charge is 0.214 e. The molecule has 0 aliphatic heterocycles. The molecule has 112 valence electrons. The summed E-state index contributed by atoms with van der Waals surface area (Å²) in [7, 11) is 1.62. The first-order valence-corrected chi connectivity index (χ1v) is 7.30. The van der Waals surface area contributed by atoms with Crippen molar-refractivity contribution < 1.29 is 9.53 Å². The Kier molecular flexibility index (Phi) is 4.13. The van der Waals surface area contributed by atoms with Gasteiger partial charge in [0.25, 0.3) is 0 Å². The number of carbonyl (C=O) groups excluding carboxylic acids is 1. The van der Waals surface area contributed by atoms with Crippen molar-refractivity contribution in [2.75, 3.05) is 20.3 Å². The maximum atomic E-state index is 12.5. The topological polar surface area (TPSA) is 62.7 Å². The molecule has 0 spiro atoms. The van der Waals surface area contributed by atoms with Gasteiger partial charge in [-0.25, -0.2) is 0 Å². The van der Waals surface area contributed by atoms with Gasteiger partial charge in [0.1, 0.15) is 5.71 Å². The Hall–Kier alpha value is -2.31. The third kappa shape index (κ3) is 2.58. The summed E-state index contributed by atoms with van der Waals surface area (Å²) in [5.41, 5.74) is 4.64. The second kappa shape index (κ2) is 6.21. The summed E-state index contributed by atoms with van der Waals surface area (Å²) in [5.74, 6) is -0.0843. The van der Waals surface area contributed by atoms with Gasteiger partial charge in [0.05, 0.1) is 6.61 Å². The quantitative estimate of drug-likeness (QED) is 0.512. The Labute approximate surface area is 133 Å². The number of hydrogen-bond donors (Lipinski definition) is 2. The number of rotatable bonds is 4. The van der Waals surface area contributed by atoms with Crippen molar-refractivity contribution in [2.45, 2.75) is 0 Å². The molecule has 3 rings (SSSR count). The van der Waals surface area contributed by atoms with E-state index in [4.69, 9.17) is 17.0 Å². The lowest BCUT2D eigenvalue weighted by atomic mass is 10.1. The van der Waals surface area contributed by atoms with E-state index >= 15 is 0 Å². The van der Waals surface area contributed by atoms with Gasteiger partial charge in [0.2, 0.25) is 5.78 Å². The summed E-state index contributed by atoms with van der Waals surface area (Å²) >= 11 is 5.11. The van der Waals surface area contributed by atoms with E-state index in [-0.39, 0.29) is 5.78 Å². The lowest BCUT2D eigenvalue weighted by Gasteiger charge is -2.06. The van der Waals surface area contributed by atoms with Gasteiger partial charge < -0.3 is 10.1 Å². The Morgan fingerprint density at radius 1 is 1.23 bits per heavy atom. The van der Waals surface area contributed by atoms with Gasteiger partial charge in [0.15, 0.2) is 5.11 Å². The van der Waals surface area contributed by atoms with Gasteiger partial charge in [-0.1, -0.05) is 36.4 Å². The van der Waals surface area contributed by atoms with Crippen LogP contribution in [0.3, 0.4) is 0 Å². The van der Waals surface area contributed by atoms with E-state index in [1.807, 2.05) is 36.4 Å². The normalized spacial score (nSPS) is 14.6. The number of thiocarbonyl (C=S) groups is 1. The minimum absolute atomic E-state index is 0.0843. The van der Waals surface area contributed by atoms with Crippen molar-refractivity contribution in [1.29, 1.82) is 0 Å². The van der Waals surface area contributed by atoms with Crippen molar-refractivity contribution >= 4 is 39.6 Å². The van der Waals surface area contributed by atoms with Crippen LogP contribution in [-0.4, -0.2) is 36.9 Å². The summed E-state index contributed by atoms with van der Waals surface area (Å²) in [4.78, 5) is 12.5. The molecule has 2 aromatic rings. The lowest BCUT2D eigenvalue weighted by molar-refractivity contribution is 0.106. The number of nitrogens with zero attached hydrogens (tertiary/aromatic N) is 1. The van der Waals surface area contributed by atoms with Gasteiger partial charge in [-0.2, -0.15) is 5.10 Å². The molecular formula is C16H15N3O2S. The number of Topliss-reactive ketones (excluding diaryl/α,β-unsaturated/α-hetero) is 1. The Bertz CT molecular complexity index is 781. The first-order chi connectivity index (χ1) is 10.7. The fraction of sp³-hybridized carbons (Fsp3) is 0.188. The molecule has 0 aromatic heterocycles. The highest BCUT2D eigenvalue weighted by atomic mass is 32.1. The van der Waals surface area contributed by atoms with Crippen LogP contribution in [0.4, 0.5) is 0 Å². The highest BCUT2D eigenvalue weighted by Crippen LogP contribution is 2.30. The van der Waals surface area contributed by atoms with E-state index in [1.54, 1.807) is 7.11 Å². The Balaban J connectivity index is 1.85. The summed E-state index contributed by atoms with van der Waals surface area (Å²) in [5, 5.41) is 9.49. The second-order valence-corrected chi connectivity index (χ2v) is 5.27. The van der Waals surface area contributed by atoms with E-state index in [9.17, 15) is 4.79 Å². The molecule has 6 heteroatoms. The number of nitrogens with one attached hydrogen (secondary N) is 2. The molecule has 0 saturated carbocycles. The minimum Gasteiger partial charge on any atom is -0.383 e. The molecule has 0 amide bonds. The zero-order valence-corrected chi connectivity index (χ0v) is 12.9. The van der Waals surface area contributed by atoms with Crippen molar-refractivity contribution in [3.05, 3.63) is 47.5 Å². The molecule has 1 aliphatic carbocycles. The fourth-order valence-corrected chi connectivity index (χ4v) is 2.65. The third-order valence-electron chi connectivity index (χ3n) is 3.48. The summed E-state index contributed by atoms with van der Waals surface area (Å²) in [6.45, 7) is 1.12. The van der Waals surface area contributed by atoms with Crippen molar-refractivity contribution in [3.63, 3.8) is 0 Å². The molecule has 2 N–H and O–H groups in total. The van der Waals surface area contributed by atoms with Gasteiger partial charge in [0, 0.05) is 30.2 Å². The molecule has 0 radical (unpaired) electrons. The largest absolute Gasteiger partial charge is 0.383 e. The van der Waals surface area contributed by atoms with Crippen LogP contribution in [-0.2, 0) is 4.74 Å². The average molecular weight is 313 g/mol. The Morgan fingerprint density at radius 3 is 2.68 bits per heavy atom. The number of methoxy groups -OCH3 is 1. The molecule has 22 heavy (non-hydrogen) atoms. The maximum Gasteiger partial charge on any atom is 0.214 e. The van der Waals surface area contributed by atoms with Crippen molar-refractivity contribution in [2.24, 2.45) is 5.10 Å². The van der Waals surface area contributed by atoms with Gasteiger partial charge >= 0.3 is 0 Å². The third-order valence-corrected chi connectivity index (χ3v) is 3.72. The predicted molar refractivity (Wildman–Crippen MR) is 90.4 cm³/mol. The number of carbonyl (C=O) groups is 1. The lowest BCUT2D eigenvalue weighted by Crippen LogP contribution is -2.35. The standard InChI is InChI=1S/C16H15N3O2S/c1-21-9-8-17-16(22)19-18-14-11-6-2-4-10-5-3-7-12(13(10)11)15(14)20/h2-7H,8-9H2,1H3,(H2,17,19,22)/b18-14+. The molecule has 0 fully saturated rings. The molecule has 0 heterocycles. The van der Waals surface area contributed by atoms with Gasteiger partial charge in [-0.15, -0.1) is 0 Å². The van der Waals surface area contributed by atoms with Crippen LogP contribution in [0.2, 0.25) is 0 Å². The molecular weight excluding hydrogens is 298 g/mol. The number of hydrogen-bond acceptors (Lipinski definition) is 4. The van der Waals surface area contributed by atoms with Gasteiger partial charge in [-0.3, -0.25) is 10.2 Å². The summed E-state index contributed by atoms with van der Waals surface area (Å²) < 4.78 is 4.93. The van der Waals surface area contributed by atoms with Crippen molar-refractivity contribution in [1.82, 2.24) is 10.7 Å². The summed E-state index contributed by atoms with van der Waals surface area (Å²) in [6.07, 6.45) is 0. The van der Waals surface area contributed by atoms with Crippen LogP contribution in [0.1, 0.15) is 15.9 Å². The molecule has 5 nitrogen and oxygen atoms in total. The first kappa shape index (κ1) is 14.6. The zero-order valence-electron chi connectivity index (χ0n) is 12.1. The van der Waals surface area contributed by atoms with E-state index in [2.05, 4.69) is 15.8 Å². The molecule has 0 unspecified atom stereocenters. The summed E-state index contributed by atoms with van der Waals surface area (Å²) in [6, 6.07) is 11.5. The molecule has 1 aliphatic rings. The number of benzene rings is 2. The van der Waals surface area contributed by atoms with E-state index in [0.29, 0.717) is 29.5 Å². The van der Waals surface area contributed by atoms with Crippen LogP contribution in [0.5, 0.6) is 0 Å². The molecule has 0 bridgehead atoms. The predicted octanol–water partition coefficient (Wildman–Crippen LogP) is 1.85. The average Bonchev–Trinajstić information content (AvgIpc) is 2.81. The first-order valence-electron chi connectivity index (χ1n) is 6.89. The van der Waals surface area contributed by atoms with E-state index in [0.717, 1.165) is 16.3 Å². The second-order valence-electron chi connectivity index (χ2n) is 4.86. The van der Waals surface area contributed by atoms with Crippen molar-refractivity contribution in [3.8, 4) is 0 Å². The number of ether oxygens (including phenoxy) is 1. The van der Waals surface area contributed by atoms with Crippen LogP contribution in [0.25, 0.3) is 10.8 Å². The fourth-order valence-electron chi connectivity index (χ4n) is 2.50. The molecule has 2 aromatic carbocycles. The molecule has 0 atom stereocenters. The zero-order chi connectivity index (χ0) is 15.5. The SMILES string of the molecule is COCCNC(=S)N/N=C1/C(=O)c2cccc3cccc1c23. The highest BCUT2D eigenvalue weighted by Gasteiger charge is 2.28. The monoisotopic (exact) mass is 313 g/mol. The highest BCUT2D eigenvalue weighted by molar-refractivity contribution is 7.80.